The predicted octanol–water partition coefficient (Wildman–Crippen LogP) is 3.49. The Bertz CT molecular complexity index is 692. The van der Waals surface area contributed by atoms with Crippen molar-refractivity contribution in [2.75, 3.05) is 5.32 Å². The number of hydrogen-bond acceptors (Lipinski definition) is 4. The third-order valence-electron chi connectivity index (χ3n) is 3.17. The van der Waals surface area contributed by atoms with E-state index < -0.39 is 0 Å². The lowest BCUT2D eigenvalue weighted by atomic mass is 10.1. The third-order valence-corrected chi connectivity index (χ3v) is 3.39. The van der Waals surface area contributed by atoms with E-state index in [1.165, 1.54) is 6.33 Å². The molecule has 1 aromatic carbocycles. The van der Waals surface area contributed by atoms with Gasteiger partial charge in [0.2, 0.25) is 0 Å². The summed E-state index contributed by atoms with van der Waals surface area (Å²) in [6.07, 6.45) is 4.82. The Morgan fingerprint density at radius 1 is 1.14 bits per heavy atom. The topological polar surface area (TPSA) is 55.6 Å². The zero-order valence-corrected chi connectivity index (χ0v) is 12.2. The summed E-state index contributed by atoms with van der Waals surface area (Å²) in [5.41, 5.74) is 2.14. The lowest BCUT2D eigenvalue weighted by Crippen LogP contribution is -2.08. The van der Waals surface area contributed by atoms with E-state index in [0.717, 1.165) is 17.1 Å². The average molecular weight is 300 g/mol. The van der Waals surface area contributed by atoms with Crippen LogP contribution >= 0.6 is 11.6 Å². The molecule has 0 aliphatic heterocycles. The van der Waals surface area contributed by atoms with E-state index in [2.05, 4.69) is 39.4 Å². The van der Waals surface area contributed by atoms with E-state index in [9.17, 15) is 0 Å². The van der Waals surface area contributed by atoms with E-state index in [4.69, 9.17) is 11.6 Å². The maximum Gasteiger partial charge on any atom is 0.138 e. The van der Waals surface area contributed by atoms with Gasteiger partial charge in [-0.05, 0) is 36.8 Å². The monoisotopic (exact) mass is 299 g/mol. The molecule has 0 aliphatic carbocycles. The highest BCUT2D eigenvalue weighted by molar-refractivity contribution is 6.30. The number of halogens is 1. The van der Waals surface area contributed by atoms with Crippen molar-refractivity contribution in [3.05, 3.63) is 65.8 Å². The summed E-state index contributed by atoms with van der Waals surface area (Å²) in [5.74, 6) is 0.798. The number of nitrogens with one attached hydrogen (secondary N) is 1. The second kappa shape index (κ2) is 5.93. The molecule has 0 unspecified atom stereocenters. The molecule has 0 saturated heterocycles. The molecule has 3 rings (SSSR count). The van der Waals surface area contributed by atoms with Crippen LogP contribution in [0.5, 0.6) is 0 Å². The van der Waals surface area contributed by atoms with Crippen LogP contribution in [0, 0.1) is 0 Å². The van der Waals surface area contributed by atoms with Crippen molar-refractivity contribution in [1.82, 2.24) is 19.7 Å². The Labute approximate surface area is 127 Å². The minimum absolute atomic E-state index is 0.142. The maximum atomic E-state index is 5.83. The normalized spacial score (nSPS) is 12.1. The highest BCUT2D eigenvalue weighted by Crippen LogP contribution is 2.20. The quantitative estimate of drug-likeness (QED) is 0.801. The standard InChI is InChI=1S/C15H14ClN5/c1-11(20-15-7-4-13(16)8-18-15)12-2-5-14(6-3-12)21-10-17-9-19-21/h2-11H,1H3,(H,18,20)/t11-/m1/s1. The van der Waals surface area contributed by atoms with E-state index in [0.29, 0.717) is 5.02 Å². The minimum Gasteiger partial charge on any atom is -0.364 e. The van der Waals surface area contributed by atoms with Crippen molar-refractivity contribution in [3.63, 3.8) is 0 Å². The third kappa shape index (κ3) is 3.20. The Kier molecular flexibility index (Phi) is 3.83. The minimum atomic E-state index is 0.142. The zero-order valence-electron chi connectivity index (χ0n) is 11.4. The van der Waals surface area contributed by atoms with Crippen LogP contribution in [0.15, 0.2) is 55.2 Å². The van der Waals surface area contributed by atoms with Gasteiger partial charge in [-0.15, -0.1) is 0 Å². The van der Waals surface area contributed by atoms with Crippen LogP contribution in [0.3, 0.4) is 0 Å². The first-order chi connectivity index (χ1) is 10.2. The first kappa shape index (κ1) is 13.6. The van der Waals surface area contributed by atoms with Gasteiger partial charge >= 0.3 is 0 Å². The molecule has 106 valence electrons. The van der Waals surface area contributed by atoms with Crippen LogP contribution in [-0.2, 0) is 0 Å². The van der Waals surface area contributed by atoms with Crippen molar-refractivity contribution >= 4 is 17.4 Å². The summed E-state index contributed by atoms with van der Waals surface area (Å²) in [6, 6.07) is 12.0. The molecule has 1 N–H and O–H groups in total. The average Bonchev–Trinajstić information content (AvgIpc) is 3.04. The highest BCUT2D eigenvalue weighted by Gasteiger charge is 2.06. The molecule has 0 spiro atoms. The second-order valence-corrected chi connectivity index (χ2v) is 5.10. The van der Waals surface area contributed by atoms with E-state index in [1.54, 1.807) is 17.2 Å². The Balaban J connectivity index is 1.73. The molecule has 5 nitrogen and oxygen atoms in total. The number of hydrogen-bond donors (Lipinski definition) is 1. The summed E-state index contributed by atoms with van der Waals surface area (Å²) in [6.45, 7) is 2.08. The molecule has 1 atom stereocenters. The van der Waals surface area contributed by atoms with Crippen molar-refractivity contribution < 1.29 is 0 Å². The summed E-state index contributed by atoms with van der Waals surface area (Å²) < 4.78 is 1.72. The van der Waals surface area contributed by atoms with Gasteiger partial charge in [0.15, 0.2) is 0 Å². The molecule has 3 aromatic rings. The maximum absolute atomic E-state index is 5.83. The number of anilines is 1. The molecule has 0 bridgehead atoms. The van der Waals surface area contributed by atoms with Crippen LogP contribution in [0.2, 0.25) is 5.02 Å². The van der Waals surface area contributed by atoms with Gasteiger partial charge in [-0.3, -0.25) is 0 Å². The molecule has 0 amide bonds. The number of rotatable bonds is 4. The Morgan fingerprint density at radius 3 is 2.57 bits per heavy atom. The fraction of sp³-hybridized carbons (Fsp3) is 0.133. The van der Waals surface area contributed by atoms with Crippen molar-refractivity contribution in [3.8, 4) is 5.69 Å². The van der Waals surface area contributed by atoms with Crippen molar-refractivity contribution in [1.29, 1.82) is 0 Å². The molecule has 21 heavy (non-hydrogen) atoms. The second-order valence-electron chi connectivity index (χ2n) is 4.66. The molecule has 6 heteroatoms. The molecular weight excluding hydrogens is 286 g/mol. The fourth-order valence-corrected chi connectivity index (χ4v) is 2.14. The van der Waals surface area contributed by atoms with Crippen LogP contribution < -0.4 is 5.32 Å². The van der Waals surface area contributed by atoms with Crippen LogP contribution in [0.4, 0.5) is 5.82 Å². The fourth-order valence-electron chi connectivity index (χ4n) is 2.02. The van der Waals surface area contributed by atoms with Gasteiger partial charge in [0, 0.05) is 12.2 Å². The van der Waals surface area contributed by atoms with Crippen LogP contribution in [-0.4, -0.2) is 19.7 Å². The summed E-state index contributed by atoms with van der Waals surface area (Å²) in [4.78, 5) is 8.18. The van der Waals surface area contributed by atoms with E-state index >= 15 is 0 Å². The summed E-state index contributed by atoms with van der Waals surface area (Å²) in [7, 11) is 0. The summed E-state index contributed by atoms with van der Waals surface area (Å²) >= 11 is 5.83. The SMILES string of the molecule is C[C@@H](Nc1ccc(Cl)cn1)c1ccc(-n2cncn2)cc1. The van der Waals surface area contributed by atoms with E-state index in [-0.39, 0.29) is 6.04 Å². The molecule has 2 aromatic heterocycles. The van der Waals surface area contributed by atoms with Gasteiger partial charge in [-0.1, -0.05) is 23.7 Å². The number of pyridine rings is 1. The zero-order chi connectivity index (χ0) is 14.7. The highest BCUT2D eigenvalue weighted by atomic mass is 35.5. The molecule has 0 fully saturated rings. The number of nitrogens with zero attached hydrogens (tertiary/aromatic N) is 4. The van der Waals surface area contributed by atoms with Gasteiger partial charge < -0.3 is 5.32 Å². The molecule has 0 saturated carbocycles. The first-order valence-corrected chi connectivity index (χ1v) is 6.93. The Morgan fingerprint density at radius 2 is 1.95 bits per heavy atom. The van der Waals surface area contributed by atoms with Gasteiger partial charge in [-0.2, -0.15) is 5.10 Å². The predicted molar refractivity (Wildman–Crippen MR) is 82.6 cm³/mol. The summed E-state index contributed by atoms with van der Waals surface area (Å²) in [5, 5.41) is 8.07. The smallest absolute Gasteiger partial charge is 0.138 e. The first-order valence-electron chi connectivity index (χ1n) is 6.55. The molecular formula is C15H14ClN5. The number of aromatic nitrogens is 4. The Hall–Kier alpha value is -2.40. The molecule has 0 aliphatic rings. The van der Waals surface area contributed by atoms with Gasteiger partial charge in [0.05, 0.1) is 10.7 Å². The van der Waals surface area contributed by atoms with Crippen LogP contribution in [0.25, 0.3) is 5.69 Å². The van der Waals surface area contributed by atoms with Crippen molar-refractivity contribution in [2.24, 2.45) is 0 Å². The largest absolute Gasteiger partial charge is 0.364 e. The lowest BCUT2D eigenvalue weighted by Gasteiger charge is -2.15. The molecule has 0 radical (unpaired) electrons. The van der Waals surface area contributed by atoms with Gasteiger partial charge in [-0.25, -0.2) is 14.6 Å². The van der Waals surface area contributed by atoms with Gasteiger partial charge in [0.1, 0.15) is 18.5 Å². The number of benzene rings is 1. The van der Waals surface area contributed by atoms with E-state index in [1.807, 2.05) is 24.3 Å². The van der Waals surface area contributed by atoms with Crippen LogP contribution in [0.1, 0.15) is 18.5 Å². The lowest BCUT2D eigenvalue weighted by molar-refractivity contribution is 0.858. The molecule has 2 heterocycles. The van der Waals surface area contributed by atoms with Crippen molar-refractivity contribution in [2.45, 2.75) is 13.0 Å². The van der Waals surface area contributed by atoms with Gasteiger partial charge in [0.25, 0.3) is 0 Å².